The van der Waals surface area contributed by atoms with E-state index in [9.17, 15) is 9.18 Å². The van der Waals surface area contributed by atoms with Crippen molar-refractivity contribution in [1.29, 1.82) is 0 Å². The number of hydrogen-bond donors (Lipinski definition) is 2. The number of aryl methyl sites for hydroxylation is 1. The summed E-state index contributed by atoms with van der Waals surface area (Å²) in [6.45, 7) is 6.64. The Bertz CT molecular complexity index is 642. The van der Waals surface area contributed by atoms with E-state index in [1.54, 1.807) is 13.0 Å². The van der Waals surface area contributed by atoms with Gasteiger partial charge >= 0.3 is 0 Å². The van der Waals surface area contributed by atoms with Crippen molar-refractivity contribution in [3.63, 3.8) is 0 Å². The summed E-state index contributed by atoms with van der Waals surface area (Å²) in [5, 5.41) is 8.24. The van der Waals surface area contributed by atoms with Crippen LogP contribution in [0.4, 0.5) is 9.52 Å². The van der Waals surface area contributed by atoms with Crippen molar-refractivity contribution < 1.29 is 9.18 Å². The predicted octanol–water partition coefficient (Wildman–Crippen LogP) is 3.51. The van der Waals surface area contributed by atoms with Gasteiger partial charge in [0.25, 0.3) is 5.91 Å². The number of amides is 1. The number of thiazole rings is 1. The highest BCUT2D eigenvalue weighted by Gasteiger charge is 2.15. The number of carbonyl (C=O) groups excluding carboxylic acids is 1. The lowest BCUT2D eigenvalue weighted by molar-refractivity contribution is 0.102. The lowest BCUT2D eigenvalue weighted by Crippen LogP contribution is -2.18. The van der Waals surface area contributed by atoms with Gasteiger partial charge in [-0.3, -0.25) is 10.1 Å². The molecular formula is C15H18FN3OS. The molecule has 1 aromatic heterocycles. The van der Waals surface area contributed by atoms with Crippen LogP contribution in [0.15, 0.2) is 23.6 Å². The number of halogens is 1. The van der Waals surface area contributed by atoms with Gasteiger partial charge in [-0.2, -0.15) is 0 Å². The molecule has 2 N–H and O–H groups in total. The number of benzene rings is 1. The van der Waals surface area contributed by atoms with Crippen molar-refractivity contribution in [3.8, 4) is 0 Å². The smallest absolute Gasteiger partial charge is 0.260 e. The number of rotatable bonds is 5. The van der Waals surface area contributed by atoms with Gasteiger partial charge in [-0.05, 0) is 38.1 Å². The van der Waals surface area contributed by atoms with E-state index in [0.717, 1.165) is 17.8 Å². The predicted molar refractivity (Wildman–Crippen MR) is 83.3 cm³/mol. The summed E-state index contributed by atoms with van der Waals surface area (Å²) in [7, 11) is 0. The Balaban J connectivity index is 2.09. The minimum atomic E-state index is -0.523. The zero-order chi connectivity index (χ0) is 15.4. The molecule has 1 heterocycles. The fourth-order valence-electron chi connectivity index (χ4n) is 1.92. The van der Waals surface area contributed by atoms with Crippen LogP contribution in [-0.4, -0.2) is 17.4 Å². The SMILES string of the molecule is CCNC(C)c1csc(NC(=O)c2ccc(C)cc2F)n1. The summed E-state index contributed by atoms with van der Waals surface area (Å²) in [6, 6.07) is 4.65. The van der Waals surface area contributed by atoms with E-state index in [2.05, 4.69) is 15.6 Å². The molecule has 112 valence electrons. The summed E-state index contributed by atoms with van der Waals surface area (Å²) in [6.07, 6.45) is 0. The largest absolute Gasteiger partial charge is 0.309 e. The van der Waals surface area contributed by atoms with Gasteiger partial charge in [-0.1, -0.05) is 13.0 Å². The maximum atomic E-state index is 13.7. The summed E-state index contributed by atoms with van der Waals surface area (Å²) in [4.78, 5) is 16.4. The average molecular weight is 307 g/mol. The third-order valence-electron chi connectivity index (χ3n) is 3.07. The summed E-state index contributed by atoms with van der Waals surface area (Å²) in [5.41, 5.74) is 1.67. The molecule has 1 unspecified atom stereocenters. The van der Waals surface area contributed by atoms with E-state index in [4.69, 9.17) is 0 Å². The Morgan fingerprint density at radius 1 is 1.48 bits per heavy atom. The molecular weight excluding hydrogens is 289 g/mol. The number of nitrogens with zero attached hydrogens (tertiary/aromatic N) is 1. The molecule has 1 aromatic carbocycles. The molecule has 0 aliphatic rings. The summed E-state index contributed by atoms with van der Waals surface area (Å²) >= 11 is 1.33. The van der Waals surface area contributed by atoms with Gasteiger partial charge in [0.05, 0.1) is 11.3 Å². The van der Waals surface area contributed by atoms with Crippen LogP contribution in [0.3, 0.4) is 0 Å². The molecule has 0 saturated carbocycles. The lowest BCUT2D eigenvalue weighted by Gasteiger charge is -2.08. The quantitative estimate of drug-likeness (QED) is 0.888. The van der Waals surface area contributed by atoms with Crippen LogP contribution >= 0.6 is 11.3 Å². The molecule has 1 amide bonds. The van der Waals surface area contributed by atoms with Gasteiger partial charge in [0, 0.05) is 11.4 Å². The minimum Gasteiger partial charge on any atom is -0.309 e. The maximum Gasteiger partial charge on any atom is 0.260 e. The highest BCUT2D eigenvalue weighted by Crippen LogP contribution is 2.21. The Morgan fingerprint density at radius 2 is 2.24 bits per heavy atom. The van der Waals surface area contributed by atoms with Crippen molar-refractivity contribution in [2.75, 3.05) is 11.9 Å². The second-order valence-electron chi connectivity index (χ2n) is 4.79. The van der Waals surface area contributed by atoms with Crippen LogP contribution in [0.1, 0.15) is 41.5 Å². The van der Waals surface area contributed by atoms with Gasteiger partial charge in [-0.25, -0.2) is 9.37 Å². The van der Waals surface area contributed by atoms with Crippen molar-refractivity contribution in [3.05, 3.63) is 46.2 Å². The van der Waals surface area contributed by atoms with E-state index in [1.807, 2.05) is 19.2 Å². The molecule has 4 nitrogen and oxygen atoms in total. The zero-order valence-electron chi connectivity index (χ0n) is 12.2. The zero-order valence-corrected chi connectivity index (χ0v) is 13.1. The van der Waals surface area contributed by atoms with Crippen LogP contribution < -0.4 is 10.6 Å². The fraction of sp³-hybridized carbons (Fsp3) is 0.333. The van der Waals surface area contributed by atoms with E-state index in [0.29, 0.717) is 5.13 Å². The molecule has 0 fully saturated rings. The van der Waals surface area contributed by atoms with Gasteiger partial charge in [0.1, 0.15) is 5.82 Å². The standard InChI is InChI=1S/C15H18FN3OS/c1-4-17-10(3)13-8-21-15(18-13)19-14(20)11-6-5-9(2)7-12(11)16/h5-8,10,17H,4H2,1-3H3,(H,18,19,20). The minimum absolute atomic E-state index is 0.0251. The molecule has 0 saturated heterocycles. The number of hydrogen-bond acceptors (Lipinski definition) is 4. The highest BCUT2D eigenvalue weighted by molar-refractivity contribution is 7.14. The van der Waals surface area contributed by atoms with Gasteiger partial charge in [0.15, 0.2) is 5.13 Å². The first-order chi connectivity index (χ1) is 10.0. The number of aromatic nitrogens is 1. The lowest BCUT2D eigenvalue weighted by atomic mass is 10.1. The molecule has 6 heteroatoms. The van der Waals surface area contributed by atoms with E-state index in [1.165, 1.54) is 23.5 Å². The normalized spacial score (nSPS) is 12.2. The number of carbonyl (C=O) groups is 1. The highest BCUT2D eigenvalue weighted by atomic mass is 32.1. The molecule has 1 atom stereocenters. The van der Waals surface area contributed by atoms with Crippen molar-refractivity contribution in [1.82, 2.24) is 10.3 Å². The van der Waals surface area contributed by atoms with Crippen LogP contribution in [0.2, 0.25) is 0 Å². The first-order valence-electron chi connectivity index (χ1n) is 6.77. The Morgan fingerprint density at radius 3 is 2.90 bits per heavy atom. The molecule has 0 aliphatic carbocycles. The molecule has 0 radical (unpaired) electrons. The van der Waals surface area contributed by atoms with Gasteiger partial charge in [-0.15, -0.1) is 11.3 Å². The van der Waals surface area contributed by atoms with E-state index >= 15 is 0 Å². The second-order valence-corrected chi connectivity index (χ2v) is 5.65. The first-order valence-corrected chi connectivity index (χ1v) is 7.65. The van der Waals surface area contributed by atoms with E-state index in [-0.39, 0.29) is 11.6 Å². The molecule has 2 rings (SSSR count). The number of nitrogens with one attached hydrogen (secondary N) is 2. The fourth-order valence-corrected chi connectivity index (χ4v) is 2.72. The Kier molecular flexibility index (Phi) is 5.03. The van der Waals surface area contributed by atoms with Crippen molar-refractivity contribution in [2.45, 2.75) is 26.8 Å². The second kappa shape index (κ2) is 6.78. The molecule has 0 aliphatic heterocycles. The van der Waals surface area contributed by atoms with Crippen molar-refractivity contribution >= 4 is 22.4 Å². The Labute approximate surface area is 127 Å². The van der Waals surface area contributed by atoms with Crippen LogP contribution in [0.5, 0.6) is 0 Å². The van der Waals surface area contributed by atoms with Gasteiger partial charge in [0.2, 0.25) is 0 Å². The van der Waals surface area contributed by atoms with Crippen molar-refractivity contribution in [2.24, 2.45) is 0 Å². The van der Waals surface area contributed by atoms with Crippen LogP contribution in [0.25, 0.3) is 0 Å². The summed E-state index contributed by atoms with van der Waals surface area (Å²) < 4.78 is 13.7. The average Bonchev–Trinajstić information content (AvgIpc) is 2.87. The molecule has 21 heavy (non-hydrogen) atoms. The maximum absolute atomic E-state index is 13.7. The molecule has 0 bridgehead atoms. The number of anilines is 1. The monoisotopic (exact) mass is 307 g/mol. The van der Waals surface area contributed by atoms with Crippen LogP contribution in [0, 0.1) is 12.7 Å². The molecule has 0 spiro atoms. The Hall–Kier alpha value is -1.79. The summed E-state index contributed by atoms with van der Waals surface area (Å²) in [5.74, 6) is -1.00. The van der Waals surface area contributed by atoms with Crippen LogP contribution in [-0.2, 0) is 0 Å². The third-order valence-corrected chi connectivity index (χ3v) is 3.84. The van der Waals surface area contributed by atoms with Gasteiger partial charge < -0.3 is 5.32 Å². The van der Waals surface area contributed by atoms with E-state index < -0.39 is 11.7 Å². The first kappa shape index (κ1) is 15.6. The topological polar surface area (TPSA) is 54.0 Å². The molecule has 2 aromatic rings. The third kappa shape index (κ3) is 3.86.